The first-order valence-electron chi connectivity index (χ1n) is 12.2. The lowest BCUT2D eigenvalue weighted by Gasteiger charge is -2.09. The summed E-state index contributed by atoms with van der Waals surface area (Å²) in [4.78, 5) is 11.9. The number of benzene rings is 2. The fourth-order valence-corrected chi connectivity index (χ4v) is 3.87. The quantitative estimate of drug-likeness (QED) is 0.347. The van der Waals surface area contributed by atoms with Crippen molar-refractivity contribution in [2.24, 2.45) is 5.92 Å². The highest BCUT2D eigenvalue weighted by Gasteiger charge is 2.31. The van der Waals surface area contributed by atoms with Crippen molar-refractivity contribution >= 4 is 30.0 Å². The van der Waals surface area contributed by atoms with Gasteiger partial charge in [-0.3, -0.25) is 0 Å². The Hall–Kier alpha value is -2.70. The highest BCUT2D eigenvalue weighted by atomic mass is 35.5. The van der Waals surface area contributed by atoms with Crippen molar-refractivity contribution in [3.63, 3.8) is 0 Å². The largest absolute Gasteiger partial charge is 0.494 e. The summed E-state index contributed by atoms with van der Waals surface area (Å²) >= 11 is 0. The van der Waals surface area contributed by atoms with E-state index >= 15 is 0 Å². The lowest BCUT2D eigenvalue weighted by Crippen LogP contribution is -2.22. The third-order valence-corrected chi connectivity index (χ3v) is 5.80. The third-order valence-electron chi connectivity index (χ3n) is 5.80. The lowest BCUT2D eigenvalue weighted by atomic mass is 10.2. The molecule has 1 saturated carbocycles. The Morgan fingerprint density at radius 2 is 1.80 bits per heavy atom. The summed E-state index contributed by atoms with van der Waals surface area (Å²) in [6.07, 6.45) is 6.57. The van der Waals surface area contributed by atoms with E-state index in [4.69, 9.17) is 18.9 Å². The van der Waals surface area contributed by atoms with Crippen molar-refractivity contribution in [2.45, 2.75) is 39.5 Å². The van der Waals surface area contributed by atoms with Crippen LogP contribution in [0.25, 0.3) is 11.6 Å². The van der Waals surface area contributed by atoms with Gasteiger partial charge in [-0.15, -0.1) is 12.4 Å². The Labute approximate surface area is 214 Å². The summed E-state index contributed by atoms with van der Waals surface area (Å²) in [5.41, 5.74) is 2.08. The molecule has 7 heteroatoms. The van der Waals surface area contributed by atoms with E-state index in [9.17, 15) is 4.79 Å². The van der Waals surface area contributed by atoms with Gasteiger partial charge < -0.3 is 24.3 Å². The maximum atomic E-state index is 11.9. The number of ether oxygens (including phenoxy) is 4. The van der Waals surface area contributed by atoms with Crippen molar-refractivity contribution < 1.29 is 23.7 Å². The zero-order valence-corrected chi connectivity index (χ0v) is 22.0. The molecule has 4 rings (SSSR count). The van der Waals surface area contributed by atoms with E-state index < -0.39 is 0 Å². The van der Waals surface area contributed by atoms with Crippen molar-refractivity contribution in [2.75, 3.05) is 40.5 Å². The number of halogens is 1. The molecule has 192 valence electrons. The molecular weight excluding hydrogens is 466 g/mol. The van der Waals surface area contributed by atoms with Gasteiger partial charge in [-0.25, -0.2) is 4.79 Å². The fourth-order valence-electron chi connectivity index (χ4n) is 3.87. The topological polar surface area (TPSA) is 66.0 Å². The first-order valence-corrected chi connectivity index (χ1v) is 12.2. The van der Waals surface area contributed by atoms with Gasteiger partial charge in [-0.2, -0.15) is 0 Å². The molecule has 0 amide bonds. The maximum absolute atomic E-state index is 11.9. The van der Waals surface area contributed by atoms with E-state index in [1.54, 1.807) is 30.9 Å². The van der Waals surface area contributed by atoms with Crippen LogP contribution in [0.4, 0.5) is 0 Å². The molecule has 1 unspecified atom stereocenters. The molecule has 6 nitrogen and oxygen atoms in total. The van der Waals surface area contributed by atoms with Gasteiger partial charge >= 0.3 is 5.97 Å². The smallest absolute Gasteiger partial charge is 0.338 e. The Balaban J connectivity index is 0.000000251. The molecule has 35 heavy (non-hydrogen) atoms. The van der Waals surface area contributed by atoms with Crippen LogP contribution in [0.2, 0.25) is 0 Å². The predicted molar refractivity (Wildman–Crippen MR) is 142 cm³/mol. The summed E-state index contributed by atoms with van der Waals surface area (Å²) in [7, 11) is 3.09. The molecule has 2 aromatic carbocycles. The normalized spacial score (nSPS) is 14.3. The van der Waals surface area contributed by atoms with Crippen LogP contribution in [0.15, 0.2) is 36.4 Å². The summed E-state index contributed by atoms with van der Waals surface area (Å²) in [6.45, 7) is 7.36. The molecule has 2 aliphatic rings. The van der Waals surface area contributed by atoms with Gasteiger partial charge in [0.2, 0.25) is 0 Å². The first-order chi connectivity index (χ1) is 16.6. The Morgan fingerprint density at radius 3 is 2.51 bits per heavy atom. The number of esters is 1. The molecule has 0 aliphatic heterocycles. The Bertz CT molecular complexity index is 1090. The van der Waals surface area contributed by atoms with E-state index in [1.165, 1.54) is 24.0 Å². The zero-order chi connectivity index (χ0) is 24.3. The lowest BCUT2D eigenvalue weighted by molar-refractivity contribution is 0.0498. The van der Waals surface area contributed by atoms with Gasteiger partial charge in [0.25, 0.3) is 0 Å². The molecule has 1 N–H and O–H groups in total. The van der Waals surface area contributed by atoms with Gasteiger partial charge in [0, 0.05) is 5.92 Å². The van der Waals surface area contributed by atoms with Crippen LogP contribution >= 0.6 is 12.4 Å². The van der Waals surface area contributed by atoms with Crippen LogP contribution in [0, 0.1) is 5.92 Å². The highest BCUT2D eigenvalue weighted by Crippen LogP contribution is 2.41. The number of carbonyl (C=O) groups excluding carboxylic acids is 1. The average molecular weight is 504 g/mol. The number of fused-ring (bicyclic) bond motifs is 2. The number of hydrogen-bond acceptors (Lipinski definition) is 6. The number of hydrogen-bond donors (Lipinski definition) is 1. The number of rotatable bonds is 12. The average Bonchev–Trinajstić information content (AvgIpc) is 3.56. The van der Waals surface area contributed by atoms with Gasteiger partial charge in [-0.1, -0.05) is 31.6 Å². The van der Waals surface area contributed by atoms with Crippen molar-refractivity contribution in [1.29, 1.82) is 0 Å². The summed E-state index contributed by atoms with van der Waals surface area (Å²) < 4.78 is 21.1. The monoisotopic (exact) mass is 503 g/mol. The Kier molecular flexibility index (Phi) is 11.9. The summed E-state index contributed by atoms with van der Waals surface area (Å²) in [5.74, 6) is 2.57. The zero-order valence-electron chi connectivity index (χ0n) is 21.2. The summed E-state index contributed by atoms with van der Waals surface area (Å²) in [5, 5.41) is 6.06. The number of methoxy groups -OCH3 is 2. The first kappa shape index (κ1) is 28.5. The second-order valence-corrected chi connectivity index (χ2v) is 8.37. The van der Waals surface area contributed by atoms with Crippen LogP contribution in [0.3, 0.4) is 0 Å². The van der Waals surface area contributed by atoms with E-state index in [-0.39, 0.29) is 18.4 Å². The van der Waals surface area contributed by atoms with Crippen LogP contribution in [-0.4, -0.2) is 46.5 Å². The molecule has 0 saturated heterocycles. The van der Waals surface area contributed by atoms with E-state index in [0.29, 0.717) is 23.7 Å². The van der Waals surface area contributed by atoms with E-state index in [0.717, 1.165) is 50.6 Å². The number of carbonyl (C=O) groups is 1. The molecule has 1 atom stereocenters. The maximum Gasteiger partial charge on any atom is 0.338 e. The molecule has 0 bridgehead atoms. The molecule has 2 aliphatic carbocycles. The van der Waals surface area contributed by atoms with Crippen LogP contribution in [0.5, 0.6) is 17.2 Å². The van der Waals surface area contributed by atoms with Crippen LogP contribution < -0.4 is 30.0 Å². The molecule has 0 aromatic heterocycles. The minimum atomic E-state index is -0.339. The van der Waals surface area contributed by atoms with Crippen LogP contribution in [-0.2, 0) is 4.74 Å². The number of nitrogens with one attached hydrogen (secondary N) is 1. The SMILES string of the molecule is CCCOc1ccc2c(c1)=C1CC1C=2.CCNCCCCOC(=O)c1ccc(OC)c(OC)c1.Cl. The van der Waals surface area contributed by atoms with Gasteiger partial charge in [0.1, 0.15) is 5.75 Å². The minimum Gasteiger partial charge on any atom is -0.494 e. The molecule has 2 aromatic rings. The van der Waals surface area contributed by atoms with Crippen molar-refractivity contribution in [3.8, 4) is 17.2 Å². The second-order valence-electron chi connectivity index (χ2n) is 8.37. The Morgan fingerprint density at radius 1 is 1.00 bits per heavy atom. The standard InChI is InChI=1S/C15H23NO4.C13H14O.ClH/c1-4-16-9-5-6-10-20-15(17)12-7-8-13(18-2)14(11-12)19-3;1-2-5-14-11-4-3-9-6-10-7-12(10)13(9)8-11;/h7-8,11,16H,4-6,9-10H2,1-3H3;3-4,6,8,10H,2,5,7H2,1H3;1H. The molecule has 0 heterocycles. The second kappa shape index (κ2) is 14.6. The third kappa shape index (κ3) is 8.18. The predicted octanol–water partition coefficient (Wildman–Crippen LogP) is 4.11. The summed E-state index contributed by atoms with van der Waals surface area (Å²) in [6, 6.07) is 11.4. The molecular formula is C28H38ClNO5. The molecule has 0 radical (unpaired) electrons. The fraction of sp³-hybridized carbons (Fsp3) is 0.464. The molecule has 1 fully saturated rings. The van der Waals surface area contributed by atoms with Crippen molar-refractivity contribution in [1.82, 2.24) is 5.32 Å². The van der Waals surface area contributed by atoms with Crippen LogP contribution in [0.1, 0.15) is 49.9 Å². The van der Waals surface area contributed by atoms with E-state index in [1.807, 2.05) is 0 Å². The minimum absolute atomic E-state index is 0. The van der Waals surface area contributed by atoms with E-state index in [2.05, 4.69) is 43.4 Å². The molecule has 0 spiro atoms. The van der Waals surface area contributed by atoms with Gasteiger partial charge in [0.15, 0.2) is 11.5 Å². The van der Waals surface area contributed by atoms with Crippen molar-refractivity contribution in [3.05, 3.63) is 52.4 Å². The van der Waals surface area contributed by atoms with Gasteiger partial charge in [-0.05, 0) is 79.5 Å². The van der Waals surface area contributed by atoms with Gasteiger partial charge in [0.05, 0.1) is 33.0 Å². The highest BCUT2D eigenvalue weighted by molar-refractivity contribution is 5.90. The number of unbranched alkanes of at least 4 members (excludes halogenated alkanes) is 1.